The largest absolute Gasteiger partial charge is 0.457 e. The van der Waals surface area contributed by atoms with Crippen LogP contribution in [0.5, 0.6) is 11.5 Å². The summed E-state index contributed by atoms with van der Waals surface area (Å²) in [6.07, 6.45) is 3.06. The highest BCUT2D eigenvalue weighted by molar-refractivity contribution is 7.92. The van der Waals surface area contributed by atoms with E-state index in [2.05, 4.69) is 5.32 Å². The molecule has 0 aliphatic heterocycles. The lowest BCUT2D eigenvalue weighted by Crippen LogP contribution is -2.53. The fourth-order valence-electron chi connectivity index (χ4n) is 4.87. The Bertz CT molecular complexity index is 1630. The van der Waals surface area contributed by atoms with Gasteiger partial charge in [-0.15, -0.1) is 0 Å². The minimum Gasteiger partial charge on any atom is -0.457 e. The van der Waals surface area contributed by atoms with Crippen LogP contribution in [-0.2, 0) is 32.6 Å². The number of nitrogens with zero attached hydrogens (tertiary/aromatic N) is 2. The van der Waals surface area contributed by atoms with Gasteiger partial charge in [-0.25, -0.2) is 8.42 Å². The van der Waals surface area contributed by atoms with E-state index in [1.807, 2.05) is 98.8 Å². The second-order valence-corrected chi connectivity index (χ2v) is 12.9. The number of carbonyl (C=O) groups excluding carboxylic acids is 2. The number of aryl methyl sites for hydroxylation is 1. The van der Waals surface area contributed by atoms with E-state index in [0.717, 1.165) is 40.1 Å². The molecule has 45 heavy (non-hydrogen) atoms. The number of nitrogens with one attached hydrogen (secondary N) is 1. The van der Waals surface area contributed by atoms with E-state index in [9.17, 15) is 18.0 Å². The number of para-hydroxylation sites is 1. The normalized spacial score (nSPS) is 11.8. The SMILES string of the molecule is CCCCNC(=O)C(Cc1ccccc1)N(Cc1ccc(C)cc1)C(=O)CN(c1ccc(Oc2ccccc2)cc1)S(C)(=O)=O. The molecule has 0 fully saturated rings. The Labute approximate surface area is 266 Å². The van der Waals surface area contributed by atoms with Crippen molar-refractivity contribution in [2.24, 2.45) is 0 Å². The highest BCUT2D eigenvalue weighted by Crippen LogP contribution is 2.26. The van der Waals surface area contributed by atoms with Gasteiger partial charge in [0.1, 0.15) is 24.1 Å². The molecular weight excluding hydrogens is 586 g/mol. The second kappa shape index (κ2) is 15.9. The van der Waals surface area contributed by atoms with E-state index in [0.29, 0.717) is 23.7 Å². The van der Waals surface area contributed by atoms with Crippen molar-refractivity contribution in [3.8, 4) is 11.5 Å². The van der Waals surface area contributed by atoms with E-state index in [1.54, 1.807) is 24.3 Å². The third-order valence-electron chi connectivity index (χ3n) is 7.36. The molecular formula is C36H41N3O5S. The molecule has 0 heterocycles. The number of amides is 2. The summed E-state index contributed by atoms with van der Waals surface area (Å²) in [5.74, 6) is 0.407. The predicted octanol–water partition coefficient (Wildman–Crippen LogP) is 6.11. The number of carbonyl (C=O) groups is 2. The molecule has 4 rings (SSSR count). The third-order valence-corrected chi connectivity index (χ3v) is 8.50. The van der Waals surface area contributed by atoms with Crippen LogP contribution in [0.4, 0.5) is 5.69 Å². The number of hydrogen-bond acceptors (Lipinski definition) is 5. The topological polar surface area (TPSA) is 96.0 Å². The van der Waals surface area contributed by atoms with Gasteiger partial charge in [0.25, 0.3) is 0 Å². The fraction of sp³-hybridized carbons (Fsp3) is 0.278. The standard InChI is InChI=1S/C36H41N3O5S/c1-4-5-24-37-36(41)34(25-29-12-8-6-9-13-29)38(26-30-18-16-28(2)17-19-30)35(40)27-39(45(3,42)43)31-20-22-33(23-21-31)44-32-14-10-7-11-15-32/h6-23,34H,4-5,24-27H2,1-3H3,(H,37,41). The van der Waals surface area contributed by atoms with E-state index in [4.69, 9.17) is 4.74 Å². The van der Waals surface area contributed by atoms with Crippen LogP contribution in [0.1, 0.15) is 36.5 Å². The van der Waals surface area contributed by atoms with Crippen molar-refractivity contribution in [2.75, 3.05) is 23.7 Å². The van der Waals surface area contributed by atoms with Crippen LogP contribution in [0.3, 0.4) is 0 Å². The van der Waals surface area contributed by atoms with Gasteiger partial charge in [-0.2, -0.15) is 0 Å². The number of anilines is 1. The van der Waals surface area contributed by atoms with Gasteiger partial charge < -0.3 is 15.0 Å². The molecule has 8 nitrogen and oxygen atoms in total. The molecule has 0 aromatic heterocycles. The molecule has 0 saturated heterocycles. The Morgan fingerprint density at radius 2 is 1.40 bits per heavy atom. The Balaban J connectivity index is 1.66. The smallest absolute Gasteiger partial charge is 0.244 e. The zero-order valence-corrected chi connectivity index (χ0v) is 26.9. The van der Waals surface area contributed by atoms with Crippen LogP contribution in [-0.4, -0.2) is 50.5 Å². The van der Waals surface area contributed by atoms with Gasteiger partial charge in [0.15, 0.2) is 0 Å². The maximum absolute atomic E-state index is 14.2. The van der Waals surface area contributed by atoms with Crippen molar-refractivity contribution in [3.63, 3.8) is 0 Å². The molecule has 1 N–H and O–H groups in total. The number of hydrogen-bond donors (Lipinski definition) is 1. The van der Waals surface area contributed by atoms with Crippen molar-refractivity contribution in [3.05, 3.63) is 126 Å². The van der Waals surface area contributed by atoms with Crippen molar-refractivity contribution in [2.45, 2.75) is 45.7 Å². The minimum absolute atomic E-state index is 0.138. The lowest BCUT2D eigenvalue weighted by atomic mass is 10.0. The summed E-state index contributed by atoms with van der Waals surface area (Å²) in [7, 11) is -3.87. The Morgan fingerprint density at radius 3 is 2.00 bits per heavy atom. The summed E-state index contributed by atoms with van der Waals surface area (Å²) in [4.78, 5) is 29.4. The summed E-state index contributed by atoms with van der Waals surface area (Å²) >= 11 is 0. The van der Waals surface area contributed by atoms with E-state index >= 15 is 0 Å². The first-order chi connectivity index (χ1) is 21.6. The molecule has 2 amide bonds. The number of unbranched alkanes of at least 4 members (excludes halogenated alkanes) is 1. The van der Waals surface area contributed by atoms with Crippen LogP contribution in [0.25, 0.3) is 0 Å². The first-order valence-electron chi connectivity index (χ1n) is 15.1. The highest BCUT2D eigenvalue weighted by Gasteiger charge is 2.33. The van der Waals surface area contributed by atoms with Crippen LogP contribution in [0, 0.1) is 6.92 Å². The van der Waals surface area contributed by atoms with Crippen LogP contribution < -0.4 is 14.4 Å². The van der Waals surface area contributed by atoms with Gasteiger partial charge in [-0.05, 0) is 60.9 Å². The first kappa shape index (κ1) is 33.3. The lowest BCUT2D eigenvalue weighted by molar-refractivity contribution is -0.140. The van der Waals surface area contributed by atoms with Gasteiger partial charge in [-0.1, -0.05) is 91.7 Å². The molecule has 9 heteroatoms. The summed E-state index contributed by atoms with van der Waals surface area (Å²) in [5.41, 5.74) is 3.11. The van der Waals surface area contributed by atoms with Crippen molar-refractivity contribution < 1.29 is 22.7 Å². The number of benzene rings is 4. The molecule has 0 saturated carbocycles. The molecule has 4 aromatic rings. The number of ether oxygens (including phenoxy) is 1. The van der Waals surface area contributed by atoms with Crippen LogP contribution >= 0.6 is 0 Å². The Hall–Kier alpha value is -4.63. The van der Waals surface area contributed by atoms with Gasteiger partial charge >= 0.3 is 0 Å². The molecule has 0 aliphatic carbocycles. The summed E-state index contributed by atoms with van der Waals surface area (Å²) in [5, 5.41) is 3.00. The zero-order chi connectivity index (χ0) is 32.2. The molecule has 0 spiro atoms. The van der Waals surface area contributed by atoms with Crippen molar-refractivity contribution in [1.82, 2.24) is 10.2 Å². The maximum Gasteiger partial charge on any atom is 0.244 e. The predicted molar refractivity (Wildman–Crippen MR) is 179 cm³/mol. The maximum atomic E-state index is 14.2. The number of rotatable bonds is 15. The minimum atomic E-state index is -3.87. The van der Waals surface area contributed by atoms with Gasteiger partial charge in [-0.3, -0.25) is 13.9 Å². The zero-order valence-electron chi connectivity index (χ0n) is 26.1. The average molecular weight is 628 g/mol. The quantitative estimate of drug-likeness (QED) is 0.161. The first-order valence-corrected chi connectivity index (χ1v) is 17.0. The molecule has 0 bridgehead atoms. The molecule has 1 unspecified atom stereocenters. The molecule has 0 radical (unpaired) electrons. The van der Waals surface area contributed by atoms with E-state index < -0.39 is 28.5 Å². The number of sulfonamides is 1. The molecule has 0 aliphatic rings. The molecule has 4 aromatic carbocycles. The summed E-state index contributed by atoms with van der Waals surface area (Å²) in [6, 6.07) is 32.2. The Kier molecular flexibility index (Phi) is 11.8. The van der Waals surface area contributed by atoms with Gasteiger partial charge in [0.05, 0.1) is 11.9 Å². The highest BCUT2D eigenvalue weighted by atomic mass is 32.2. The molecule has 236 valence electrons. The summed E-state index contributed by atoms with van der Waals surface area (Å²) in [6.45, 7) is 4.17. The second-order valence-electron chi connectivity index (χ2n) is 11.0. The average Bonchev–Trinajstić information content (AvgIpc) is 3.03. The Morgan fingerprint density at radius 1 is 0.800 bits per heavy atom. The lowest BCUT2D eigenvalue weighted by Gasteiger charge is -2.33. The fourth-order valence-corrected chi connectivity index (χ4v) is 5.72. The van der Waals surface area contributed by atoms with Crippen LogP contribution in [0.15, 0.2) is 109 Å². The summed E-state index contributed by atoms with van der Waals surface area (Å²) < 4.78 is 33.1. The third kappa shape index (κ3) is 9.94. The van der Waals surface area contributed by atoms with Gasteiger partial charge in [0, 0.05) is 19.5 Å². The monoisotopic (exact) mass is 627 g/mol. The van der Waals surface area contributed by atoms with E-state index in [-0.39, 0.29) is 18.9 Å². The van der Waals surface area contributed by atoms with Gasteiger partial charge in [0.2, 0.25) is 21.8 Å². The van der Waals surface area contributed by atoms with Crippen molar-refractivity contribution >= 4 is 27.5 Å². The molecule has 1 atom stereocenters. The van der Waals surface area contributed by atoms with Crippen molar-refractivity contribution in [1.29, 1.82) is 0 Å². The van der Waals surface area contributed by atoms with E-state index in [1.165, 1.54) is 4.90 Å². The van der Waals surface area contributed by atoms with Crippen LogP contribution in [0.2, 0.25) is 0 Å².